The summed E-state index contributed by atoms with van der Waals surface area (Å²) < 4.78 is 49.4. The molecule has 0 aliphatic carbocycles. The Labute approximate surface area is 207 Å². The van der Waals surface area contributed by atoms with Crippen LogP contribution < -0.4 is 9.47 Å². The first-order valence-corrected chi connectivity index (χ1v) is 11.8. The average molecular weight is 507 g/mol. The van der Waals surface area contributed by atoms with Crippen molar-refractivity contribution >= 4 is 5.97 Å². The summed E-state index contributed by atoms with van der Waals surface area (Å²) in [6.07, 6.45) is -2.21. The Morgan fingerprint density at radius 1 is 0.944 bits per heavy atom. The Balaban J connectivity index is 1.41. The van der Waals surface area contributed by atoms with Crippen LogP contribution >= 0.6 is 0 Å². The van der Waals surface area contributed by atoms with Gasteiger partial charge in [-0.2, -0.15) is 13.2 Å². The normalized spacial score (nSPS) is 11.4. The van der Waals surface area contributed by atoms with E-state index in [1.807, 2.05) is 24.3 Å². The number of ether oxygens (including phenoxy) is 2. The maximum atomic E-state index is 12.1. The Bertz CT molecular complexity index is 1090. The van der Waals surface area contributed by atoms with E-state index in [1.165, 1.54) is 0 Å². The summed E-state index contributed by atoms with van der Waals surface area (Å²) in [5.74, 6) is 0.972. The van der Waals surface area contributed by atoms with Crippen molar-refractivity contribution in [2.45, 2.75) is 64.3 Å². The molecular weight excluding hydrogens is 477 g/mol. The number of alkyl halides is 3. The third kappa shape index (κ3) is 9.93. The van der Waals surface area contributed by atoms with Crippen LogP contribution in [0.2, 0.25) is 0 Å². The van der Waals surface area contributed by atoms with Gasteiger partial charge >= 0.3 is 12.1 Å². The maximum absolute atomic E-state index is 12.1. The molecule has 2 aromatic carbocycles. The minimum atomic E-state index is -4.08. The summed E-state index contributed by atoms with van der Waals surface area (Å²) in [4.78, 5) is 10.8. The smallest absolute Gasteiger partial charge is 0.389 e. The van der Waals surface area contributed by atoms with Gasteiger partial charge in [0, 0.05) is 12.8 Å². The van der Waals surface area contributed by atoms with Crippen LogP contribution in [0.4, 0.5) is 13.2 Å². The van der Waals surface area contributed by atoms with Crippen molar-refractivity contribution in [1.29, 1.82) is 0 Å². The number of carboxylic acids is 1. The molecule has 1 N–H and O–H groups in total. The summed E-state index contributed by atoms with van der Waals surface area (Å²) in [6.45, 7) is 1.03. The second kappa shape index (κ2) is 13.5. The van der Waals surface area contributed by atoms with Crippen molar-refractivity contribution in [2.24, 2.45) is 0 Å². The van der Waals surface area contributed by atoms with E-state index in [9.17, 15) is 18.0 Å². The molecule has 3 aromatic rings. The second-order valence-electron chi connectivity index (χ2n) is 8.35. The fourth-order valence-corrected chi connectivity index (χ4v) is 3.51. The quantitative estimate of drug-likeness (QED) is 0.283. The lowest BCUT2D eigenvalue weighted by molar-refractivity contribution is -0.137. The van der Waals surface area contributed by atoms with Crippen LogP contribution in [-0.2, 0) is 24.4 Å². The summed E-state index contributed by atoms with van der Waals surface area (Å²) in [7, 11) is 0. The summed E-state index contributed by atoms with van der Waals surface area (Å²) >= 11 is 0. The molecule has 0 unspecified atom stereocenters. The predicted octanol–water partition coefficient (Wildman–Crippen LogP) is 5.21. The number of unbranched alkanes of at least 4 members (excludes halogenated alkanes) is 3. The molecule has 1 heterocycles. The average Bonchev–Trinajstić information content (AvgIpc) is 3.28. The number of carboxylic acid groups (broad SMARTS) is 1. The molecule has 0 fully saturated rings. The molecule has 0 aliphatic heterocycles. The second-order valence-corrected chi connectivity index (χ2v) is 8.35. The van der Waals surface area contributed by atoms with Gasteiger partial charge in [-0.05, 0) is 65.1 Å². The molecule has 1 aromatic heterocycles. The first kappa shape index (κ1) is 27.0. The molecule has 3 rings (SSSR count). The van der Waals surface area contributed by atoms with Gasteiger partial charge in [-0.1, -0.05) is 37.1 Å². The van der Waals surface area contributed by atoms with Crippen molar-refractivity contribution < 1.29 is 32.5 Å². The molecule has 0 aliphatic rings. The van der Waals surface area contributed by atoms with Gasteiger partial charge in [0.25, 0.3) is 0 Å². The van der Waals surface area contributed by atoms with Gasteiger partial charge in [0.15, 0.2) is 5.82 Å². The van der Waals surface area contributed by atoms with Crippen molar-refractivity contribution in [2.75, 3.05) is 6.61 Å². The van der Waals surface area contributed by atoms with E-state index in [4.69, 9.17) is 14.6 Å². The van der Waals surface area contributed by atoms with Gasteiger partial charge < -0.3 is 14.6 Å². The molecule has 0 atom stereocenters. The van der Waals surface area contributed by atoms with Gasteiger partial charge in [0.05, 0.1) is 13.2 Å². The van der Waals surface area contributed by atoms with Gasteiger partial charge in [-0.25, -0.2) is 4.68 Å². The van der Waals surface area contributed by atoms with E-state index in [2.05, 4.69) is 15.5 Å². The van der Waals surface area contributed by atoms with Crippen molar-refractivity contribution in [1.82, 2.24) is 20.2 Å². The van der Waals surface area contributed by atoms with E-state index in [0.717, 1.165) is 11.1 Å². The topological polar surface area (TPSA) is 99.4 Å². The molecule has 0 saturated heterocycles. The van der Waals surface area contributed by atoms with Crippen LogP contribution in [0.25, 0.3) is 0 Å². The zero-order valence-corrected chi connectivity index (χ0v) is 19.8. The number of aryl methyl sites for hydroxylation is 1. The van der Waals surface area contributed by atoms with Crippen LogP contribution in [-0.4, -0.2) is 44.1 Å². The summed E-state index contributed by atoms with van der Waals surface area (Å²) in [5, 5.41) is 20.6. The Kier molecular flexibility index (Phi) is 10.1. The maximum Gasteiger partial charge on any atom is 0.389 e. The van der Waals surface area contributed by atoms with Crippen LogP contribution in [0.3, 0.4) is 0 Å². The number of aromatic nitrogens is 4. The standard InChI is InChI=1S/C25H29F3N4O4/c26-25(27,28)14-3-1-2-4-15-35-21-9-11-22(12-10-21)36-18-23-29-30-31-32(23)17-20-7-5-6-19(16-20)8-13-24(33)34/h5-7,9-12,16H,1-4,8,13-15,17-18H2,(H,33,34). The zero-order valence-electron chi connectivity index (χ0n) is 19.8. The Morgan fingerprint density at radius 3 is 2.36 bits per heavy atom. The highest BCUT2D eigenvalue weighted by molar-refractivity contribution is 5.67. The van der Waals surface area contributed by atoms with Crippen LogP contribution in [0.1, 0.15) is 55.5 Å². The molecule has 8 nitrogen and oxygen atoms in total. The van der Waals surface area contributed by atoms with E-state index >= 15 is 0 Å². The number of hydrogen-bond acceptors (Lipinski definition) is 6. The molecule has 0 amide bonds. The monoisotopic (exact) mass is 506 g/mol. The molecule has 0 bridgehead atoms. The predicted molar refractivity (Wildman–Crippen MR) is 125 cm³/mol. The van der Waals surface area contributed by atoms with Crippen LogP contribution in [0.5, 0.6) is 11.5 Å². The number of benzene rings is 2. The number of halogens is 3. The summed E-state index contributed by atoms with van der Waals surface area (Å²) in [6, 6.07) is 14.7. The highest BCUT2D eigenvalue weighted by atomic mass is 19.4. The molecular formula is C25H29F3N4O4. The minimum Gasteiger partial charge on any atom is -0.494 e. The number of hydrogen-bond donors (Lipinski definition) is 1. The highest BCUT2D eigenvalue weighted by Gasteiger charge is 2.25. The van der Waals surface area contributed by atoms with E-state index in [1.54, 1.807) is 28.9 Å². The number of aliphatic carboxylic acids is 1. The van der Waals surface area contributed by atoms with Gasteiger partial charge in [0.1, 0.15) is 18.1 Å². The zero-order chi connectivity index (χ0) is 25.8. The number of nitrogens with zero attached hydrogens (tertiary/aromatic N) is 4. The van der Waals surface area contributed by atoms with E-state index < -0.39 is 18.6 Å². The minimum absolute atomic E-state index is 0.0720. The largest absolute Gasteiger partial charge is 0.494 e. The van der Waals surface area contributed by atoms with Crippen molar-refractivity contribution in [3.63, 3.8) is 0 Å². The third-order valence-electron chi connectivity index (χ3n) is 5.37. The molecule has 194 valence electrons. The van der Waals surface area contributed by atoms with Crippen molar-refractivity contribution in [3.8, 4) is 11.5 Å². The fourth-order valence-electron chi connectivity index (χ4n) is 3.51. The number of tetrazole rings is 1. The van der Waals surface area contributed by atoms with Crippen molar-refractivity contribution in [3.05, 3.63) is 65.5 Å². The fraction of sp³-hybridized carbons (Fsp3) is 0.440. The molecule has 0 spiro atoms. The lowest BCUT2D eigenvalue weighted by Gasteiger charge is -2.10. The molecule has 0 saturated carbocycles. The number of rotatable bonds is 15. The molecule has 11 heteroatoms. The molecule has 36 heavy (non-hydrogen) atoms. The Morgan fingerprint density at radius 2 is 1.64 bits per heavy atom. The van der Waals surface area contributed by atoms with E-state index in [0.29, 0.717) is 56.2 Å². The van der Waals surface area contributed by atoms with Gasteiger partial charge in [0.2, 0.25) is 0 Å². The lowest BCUT2D eigenvalue weighted by Crippen LogP contribution is -2.10. The highest BCUT2D eigenvalue weighted by Crippen LogP contribution is 2.23. The number of carbonyl (C=O) groups is 1. The van der Waals surface area contributed by atoms with Gasteiger partial charge in [-0.3, -0.25) is 4.79 Å². The Hall–Kier alpha value is -3.63. The van der Waals surface area contributed by atoms with Crippen LogP contribution in [0, 0.1) is 0 Å². The first-order chi connectivity index (χ1) is 17.3. The van der Waals surface area contributed by atoms with E-state index in [-0.39, 0.29) is 19.4 Å². The first-order valence-electron chi connectivity index (χ1n) is 11.8. The van der Waals surface area contributed by atoms with Crippen LogP contribution in [0.15, 0.2) is 48.5 Å². The SMILES string of the molecule is O=C(O)CCc1cccc(Cn2nnnc2COc2ccc(OCCCCCCC(F)(F)F)cc2)c1. The lowest BCUT2D eigenvalue weighted by atomic mass is 10.1. The molecule has 0 radical (unpaired) electrons. The summed E-state index contributed by atoms with van der Waals surface area (Å²) in [5.41, 5.74) is 1.89. The third-order valence-corrected chi connectivity index (χ3v) is 5.37. The van der Waals surface area contributed by atoms with Gasteiger partial charge in [-0.15, -0.1) is 5.10 Å².